The van der Waals surface area contributed by atoms with E-state index in [1.54, 1.807) is 0 Å². The molecule has 2 aromatic heterocycles. The molecule has 98 valence electrons. The Morgan fingerprint density at radius 2 is 2.28 bits per heavy atom. The van der Waals surface area contributed by atoms with Gasteiger partial charge in [-0.3, -0.25) is 9.48 Å². The number of aromatic amines is 1. The lowest BCUT2D eigenvalue weighted by atomic mass is 10.3. The summed E-state index contributed by atoms with van der Waals surface area (Å²) in [6.07, 6.45) is 1.91. The van der Waals surface area contributed by atoms with E-state index < -0.39 is 0 Å². The number of primary amides is 1. The maximum absolute atomic E-state index is 10.8. The van der Waals surface area contributed by atoms with E-state index in [0.29, 0.717) is 24.2 Å². The van der Waals surface area contributed by atoms with Crippen LogP contribution in [0.15, 0.2) is 0 Å². The van der Waals surface area contributed by atoms with Crippen LogP contribution in [0.25, 0.3) is 11.2 Å². The Kier molecular flexibility index (Phi) is 3.51. The molecule has 2 rings (SSSR count). The van der Waals surface area contributed by atoms with Crippen LogP contribution in [0.1, 0.15) is 25.5 Å². The summed E-state index contributed by atoms with van der Waals surface area (Å²) in [6, 6.07) is 0. The minimum Gasteiger partial charge on any atom is -0.370 e. The van der Waals surface area contributed by atoms with Crippen molar-refractivity contribution in [2.75, 3.05) is 0 Å². The summed E-state index contributed by atoms with van der Waals surface area (Å²) < 4.78 is 4.46. The van der Waals surface area contributed by atoms with E-state index in [2.05, 4.69) is 17.0 Å². The molecule has 7 heteroatoms. The van der Waals surface area contributed by atoms with Gasteiger partial charge in [0.1, 0.15) is 5.52 Å². The molecule has 0 unspecified atom stereocenters. The highest BCUT2D eigenvalue weighted by Crippen LogP contribution is 2.18. The second kappa shape index (κ2) is 4.93. The van der Waals surface area contributed by atoms with Gasteiger partial charge in [0.15, 0.2) is 10.4 Å². The van der Waals surface area contributed by atoms with Crippen LogP contribution in [0.4, 0.5) is 0 Å². The van der Waals surface area contributed by atoms with Crippen LogP contribution in [-0.4, -0.2) is 25.2 Å². The molecule has 1 amide bonds. The average molecular weight is 267 g/mol. The molecule has 0 atom stereocenters. The van der Waals surface area contributed by atoms with Gasteiger partial charge in [-0.15, -0.1) is 0 Å². The largest absolute Gasteiger partial charge is 0.370 e. The number of aromatic nitrogens is 4. The van der Waals surface area contributed by atoms with Crippen molar-refractivity contribution in [2.24, 2.45) is 12.8 Å². The predicted molar refractivity (Wildman–Crippen MR) is 71.7 cm³/mol. The van der Waals surface area contributed by atoms with Gasteiger partial charge in [-0.05, 0) is 25.1 Å². The summed E-state index contributed by atoms with van der Waals surface area (Å²) in [7, 11) is 1.90. The predicted octanol–water partition coefficient (Wildman–Crippen LogP) is 1.26. The Morgan fingerprint density at radius 1 is 1.56 bits per heavy atom. The maximum atomic E-state index is 10.8. The first kappa shape index (κ1) is 12.8. The zero-order chi connectivity index (χ0) is 13.3. The van der Waals surface area contributed by atoms with Gasteiger partial charge in [-0.2, -0.15) is 5.10 Å². The van der Waals surface area contributed by atoms with Crippen LogP contribution >= 0.6 is 12.2 Å². The Bertz CT molecular complexity index is 636. The molecule has 0 saturated carbocycles. The highest BCUT2D eigenvalue weighted by molar-refractivity contribution is 7.71. The average Bonchev–Trinajstić information content (AvgIpc) is 2.77. The fraction of sp³-hybridized carbons (Fsp3) is 0.545. The molecule has 0 saturated heterocycles. The highest BCUT2D eigenvalue weighted by atomic mass is 32.1. The zero-order valence-corrected chi connectivity index (χ0v) is 11.4. The summed E-state index contributed by atoms with van der Waals surface area (Å²) >= 11 is 5.30. The quantitative estimate of drug-likeness (QED) is 0.800. The lowest BCUT2D eigenvalue weighted by Gasteiger charge is -2.03. The first-order valence-corrected chi connectivity index (χ1v) is 6.38. The molecule has 3 N–H and O–H groups in total. The van der Waals surface area contributed by atoms with E-state index in [4.69, 9.17) is 18.0 Å². The molecule has 0 aromatic carbocycles. The Labute approximate surface area is 110 Å². The SMILES string of the molecule is CCc1nn(C)c2c1[nH]c(=S)n2CCCC(N)=O. The number of rotatable bonds is 5. The van der Waals surface area contributed by atoms with Crippen molar-refractivity contribution in [3.63, 3.8) is 0 Å². The molecular weight excluding hydrogens is 250 g/mol. The van der Waals surface area contributed by atoms with Crippen molar-refractivity contribution in [3.05, 3.63) is 10.5 Å². The van der Waals surface area contributed by atoms with Crippen molar-refractivity contribution in [2.45, 2.75) is 32.7 Å². The van der Waals surface area contributed by atoms with Crippen molar-refractivity contribution in [3.8, 4) is 0 Å². The molecule has 0 aliphatic carbocycles. The number of nitrogens with one attached hydrogen (secondary N) is 1. The third-order valence-corrected chi connectivity index (χ3v) is 3.28. The fourth-order valence-corrected chi connectivity index (χ4v) is 2.42. The normalized spacial score (nSPS) is 11.2. The van der Waals surface area contributed by atoms with Gasteiger partial charge in [0.05, 0.1) is 5.69 Å². The number of amides is 1. The number of carbonyl (C=O) groups excluding carboxylic acids is 1. The van der Waals surface area contributed by atoms with E-state index in [1.165, 1.54) is 0 Å². The zero-order valence-electron chi connectivity index (χ0n) is 10.6. The van der Waals surface area contributed by atoms with E-state index in [1.807, 2.05) is 16.3 Å². The summed E-state index contributed by atoms with van der Waals surface area (Å²) in [5.74, 6) is -0.285. The van der Waals surface area contributed by atoms with Gasteiger partial charge in [-0.1, -0.05) is 6.92 Å². The third-order valence-electron chi connectivity index (χ3n) is 2.96. The monoisotopic (exact) mass is 267 g/mol. The van der Waals surface area contributed by atoms with Gasteiger partial charge in [0.25, 0.3) is 0 Å². The fourth-order valence-electron chi connectivity index (χ4n) is 2.14. The van der Waals surface area contributed by atoms with Gasteiger partial charge in [-0.25, -0.2) is 0 Å². The van der Waals surface area contributed by atoms with E-state index in [-0.39, 0.29) is 5.91 Å². The number of aryl methyl sites for hydroxylation is 3. The second-order valence-corrected chi connectivity index (χ2v) is 4.66. The molecule has 18 heavy (non-hydrogen) atoms. The summed E-state index contributed by atoms with van der Waals surface area (Å²) in [4.78, 5) is 13.9. The number of imidazole rings is 1. The molecule has 0 bridgehead atoms. The first-order valence-electron chi connectivity index (χ1n) is 5.97. The van der Waals surface area contributed by atoms with Gasteiger partial charge in [0, 0.05) is 20.0 Å². The number of nitrogens with zero attached hydrogens (tertiary/aromatic N) is 3. The molecule has 2 heterocycles. The van der Waals surface area contributed by atoms with Crippen LogP contribution in [-0.2, 0) is 24.8 Å². The minimum atomic E-state index is -0.285. The summed E-state index contributed by atoms with van der Waals surface area (Å²) in [5, 5.41) is 4.44. The van der Waals surface area contributed by atoms with Crippen molar-refractivity contribution >= 4 is 29.3 Å². The molecule has 0 spiro atoms. The van der Waals surface area contributed by atoms with Crippen LogP contribution in [0.5, 0.6) is 0 Å². The number of hydrogen-bond donors (Lipinski definition) is 2. The summed E-state index contributed by atoms with van der Waals surface area (Å²) in [6.45, 7) is 2.73. The second-order valence-electron chi connectivity index (χ2n) is 4.27. The Hall–Kier alpha value is -1.63. The standard InChI is InChI=1S/C11H17N5OS/c1-3-7-9-10(15(2)14-7)16(11(18)13-9)6-4-5-8(12)17/h3-6H2,1-2H3,(H2,12,17)(H,13,18). The van der Waals surface area contributed by atoms with Crippen molar-refractivity contribution in [1.82, 2.24) is 19.3 Å². The van der Waals surface area contributed by atoms with Crippen molar-refractivity contribution < 1.29 is 4.79 Å². The number of nitrogens with two attached hydrogens (primary N) is 1. The minimum absolute atomic E-state index is 0.285. The number of H-pyrrole nitrogens is 1. The van der Waals surface area contributed by atoms with Crippen LogP contribution in [0.2, 0.25) is 0 Å². The molecule has 0 aliphatic heterocycles. The third kappa shape index (κ3) is 2.17. The number of fused-ring (bicyclic) bond motifs is 1. The van der Waals surface area contributed by atoms with Crippen LogP contribution in [0, 0.1) is 4.77 Å². The number of hydrogen-bond acceptors (Lipinski definition) is 3. The number of carbonyl (C=O) groups is 1. The molecule has 0 aliphatic rings. The molecule has 2 aromatic rings. The van der Waals surface area contributed by atoms with Gasteiger partial charge < -0.3 is 15.3 Å². The van der Waals surface area contributed by atoms with Crippen LogP contribution in [0.3, 0.4) is 0 Å². The van der Waals surface area contributed by atoms with Gasteiger partial charge >= 0.3 is 0 Å². The molecule has 6 nitrogen and oxygen atoms in total. The Balaban J connectivity index is 2.37. The van der Waals surface area contributed by atoms with Crippen molar-refractivity contribution in [1.29, 1.82) is 0 Å². The first-order chi connectivity index (χ1) is 8.54. The Morgan fingerprint density at radius 3 is 2.89 bits per heavy atom. The molecular formula is C11H17N5OS. The molecule has 0 radical (unpaired) electrons. The smallest absolute Gasteiger partial charge is 0.217 e. The topological polar surface area (TPSA) is 81.6 Å². The van der Waals surface area contributed by atoms with Gasteiger partial charge in [0.2, 0.25) is 5.91 Å². The lowest BCUT2D eigenvalue weighted by molar-refractivity contribution is -0.118. The molecule has 0 fully saturated rings. The highest BCUT2D eigenvalue weighted by Gasteiger charge is 2.13. The van der Waals surface area contributed by atoms with E-state index in [9.17, 15) is 4.79 Å². The summed E-state index contributed by atoms with van der Waals surface area (Å²) in [5.41, 5.74) is 8.11. The lowest BCUT2D eigenvalue weighted by Crippen LogP contribution is -2.12. The van der Waals surface area contributed by atoms with E-state index in [0.717, 1.165) is 23.3 Å². The maximum Gasteiger partial charge on any atom is 0.217 e. The van der Waals surface area contributed by atoms with Crippen LogP contribution < -0.4 is 5.73 Å². The van der Waals surface area contributed by atoms with E-state index >= 15 is 0 Å².